The summed E-state index contributed by atoms with van der Waals surface area (Å²) in [6, 6.07) is 17.6. The van der Waals surface area contributed by atoms with Crippen LogP contribution in [0.1, 0.15) is 0 Å². The van der Waals surface area contributed by atoms with Crippen LogP contribution in [-0.4, -0.2) is 43.9 Å². The van der Waals surface area contributed by atoms with Crippen molar-refractivity contribution in [1.29, 1.82) is 0 Å². The molecule has 0 spiro atoms. The Morgan fingerprint density at radius 2 is 1.63 bits per heavy atom. The van der Waals surface area contributed by atoms with Gasteiger partial charge in [-0.15, -0.1) is 0 Å². The first kappa shape index (κ1) is 20.7. The third-order valence-electron chi connectivity index (χ3n) is 5.86. The van der Waals surface area contributed by atoms with Crippen LogP contribution in [0.4, 0.5) is 0 Å². The monoisotopic (exact) mass is 460 g/mol. The van der Waals surface area contributed by atoms with E-state index in [1.807, 2.05) is 60.8 Å². The minimum Gasteiger partial charge on any atom is -0.493 e. The van der Waals surface area contributed by atoms with Gasteiger partial charge in [0.25, 0.3) is 5.95 Å². The molecule has 0 aliphatic heterocycles. The lowest BCUT2D eigenvalue weighted by atomic mass is 10.0. The molecule has 2 aromatic carbocycles. The Bertz CT molecular complexity index is 1680. The Hall–Kier alpha value is -4.85. The average Bonchev–Trinajstić information content (AvgIpc) is 3.42. The summed E-state index contributed by atoms with van der Waals surface area (Å²) < 4.78 is 12.8. The van der Waals surface area contributed by atoms with Gasteiger partial charge in [-0.05, 0) is 18.2 Å². The fourth-order valence-electron chi connectivity index (χ4n) is 4.16. The van der Waals surface area contributed by atoms with Gasteiger partial charge in [-0.1, -0.05) is 30.3 Å². The third kappa shape index (κ3) is 3.61. The summed E-state index contributed by atoms with van der Waals surface area (Å²) in [6.45, 7) is 0. The first-order chi connectivity index (χ1) is 17.2. The van der Waals surface area contributed by atoms with Gasteiger partial charge in [0.15, 0.2) is 11.5 Å². The highest BCUT2D eigenvalue weighted by atomic mass is 16.5. The highest BCUT2D eigenvalue weighted by molar-refractivity contribution is 6.02. The first-order valence-electron chi connectivity index (χ1n) is 11.0. The number of para-hydroxylation sites is 1. The van der Waals surface area contributed by atoms with Crippen LogP contribution in [0.2, 0.25) is 0 Å². The molecule has 4 aromatic heterocycles. The molecular weight excluding hydrogens is 440 g/mol. The highest BCUT2D eigenvalue weighted by Crippen LogP contribution is 2.37. The number of hydrogen-bond acceptors (Lipinski definition) is 7. The summed E-state index contributed by atoms with van der Waals surface area (Å²) in [7, 11) is 3.22. The number of rotatable bonds is 5. The fraction of sp³-hybridized carbons (Fsp3) is 0.0741. The van der Waals surface area contributed by atoms with Gasteiger partial charge in [0.1, 0.15) is 0 Å². The Balaban J connectivity index is 1.62. The standard InChI is InChI=1S/C27H20N6O2/c1-34-23-12-21-22(13-24(23)35-2)31-27(33-16-19(15-30-33)18-8-4-10-28-14-18)32-26(21)20-9-3-6-17-7-5-11-29-25(17)20/h3-16H,1-2H3. The van der Waals surface area contributed by atoms with Crippen molar-refractivity contribution in [3.8, 4) is 39.8 Å². The molecule has 0 saturated heterocycles. The minimum atomic E-state index is 0.433. The van der Waals surface area contributed by atoms with Gasteiger partial charge in [-0.2, -0.15) is 5.10 Å². The molecule has 8 nitrogen and oxygen atoms in total. The van der Waals surface area contributed by atoms with E-state index >= 15 is 0 Å². The molecule has 6 rings (SSSR count). The van der Waals surface area contributed by atoms with Crippen molar-refractivity contribution in [3.05, 3.63) is 85.6 Å². The van der Waals surface area contributed by atoms with Crippen LogP contribution in [-0.2, 0) is 0 Å². The van der Waals surface area contributed by atoms with Crippen LogP contribution in [0.3, 0.4) is 0 Å². The van der Waals surface area contributed by atoms with E-state index in [-0.39, 0.29) is 0 Å². The molecule has 0 bridgehead atoms. The third-order valence-corrected chi connectivity index (χ3v) is 5.86. The van der Waals surface area contributed by atoms with E-state index in [0.717, 1.165) is 38.7 Å². The maximum absolute atomic E-state index is 5.57. The molecule has 170 valence electrons. The number of benzene rings is 2. The Morgan fingerprint density at radius 1 is 0.800 bits per heavy atom. The number of fused-ring (bicyclic) bond motifs is 2. The molecule has 0 radical (unpaired) electrons. The smallest absolute Gasteiger partial charge is 0.251 e. The highest BCUT2D eigenvalue weighted by Gasteiger charge is 2.18. The zero-order chi connectivity index (χ0) is 23.8. The summed E-state index contributed by atoms with van der Waals surface area (Å²) in [5, 5.41) is 6.38. The number of nitrogens with zero attached hydrogens (tertiary/aromatic N) is 6. The normalized spacial score (nSPS) is 11.1. The van der Waals surface area contributed by atoms with Crippen molar-refractivity contribution in [1.82, 2.24) is 29.7 Å². The van der Waals surface area contributed by atoms with Crippen LogP contribution in [0.5, 0.6) is 11.5 Å². The fourth-order valence-corrected chi connectivity index (χ4v) is 4.16. The van der Waals surface area contributed by atoms with Gasteiger partial charge >= 0.3 is 0 Å². The van der Waals surface area contributed by atoms with Gasteiger partial charge < -0.3 is 9.47 Å². The summed E-state index contributed by atoms with van der Waals surface area (Å²) in [4.78, 5) is 18.6. The summed E-state index contributed by atoms with van der Waals surface area (Å²) in [5.74, 6) is 1.62. The number of pyridine rings is 2. The van der Waals surface area contributed by atoms with Crippen LogP contribution in [0.25, 0.3) is 50.1 Å². The zero-order valence-corrected chi connectivity index (χ0v) is 19.1. The minimum absolute atomic E-state index is 0.433. The van der Waals surface area contributed by atoms with Crippen molar-refractivity contribution in [2.75, 3.05) is 14.2 Å². The molecule has 0 unspecified atom stereocenters. The molecule has 0 amide bonds. The lowest BCUT2D eigenvalue weighted by Gasteiger charge is -2.14. The van der Waals surface area contributed by atoms with Crippen LogP contribution in [0, 0.1) is 0 Å². The van der Waals surface area contributed by atoms with Crippen LogP contribution >= 0.6 is 0 Å². The first-order valence-corrected chi connectivity index (χ1v) is 11.0. The number of methoxy groups -OCH3 is 2. The molecule has 0 fully saturated rings. The second-order valence-corrected chi connectivity index (χ2v) is 7.89. The van der Waals surface area contributed by atoms with Gasteiger partial charge in [0, 0.05) is 58.3 Å². The zero-order valence-electron chi connectivity index (χ0n) is 19.1. The molecule has 0 saturated carbocycles. The maximum atomic E-state index is 5.57. The Labute approximate surface area is 200 Å². The lowest BCUT2D eigenvalue weighted by molar-refractivity contribution is 0.356. The van der Waals surface area contributed by atoms with Gasteiger partial charge in [0.2, 0.25) is 0 Å². The topological polar surface area (TPSA) is 87.8 Å². The molecule has 0 N–H and O–H groups in total. The van der Waals surface area contributed by atoms with Crippen LogP contribution < -0.4 is 9.47 Å². The summed E-state index contributed by atoms with van der Waals surface area (Å²) in [5.41, 5.74) is 5.06. The van der Waals surface area contributed by atoms with E-state index in [2.05, 4.69) is 15.1 Å². The predicted octanol–water partition coefficient (Wildman–Crippen LogP) is 5.11. The van der Waals surface area contributed by atoms with Crippen molar-refractivity contribution < 1.29 is 9.47 Å². The number of aromatic nitrogens is 6. The predicted molar refractivity (Wildman–Crippen MR) is 134 cm³/mol. The summed E-state index contributed by atoms with van der Waals surface area (Å²) in [6.07, 6.45) is 9.00. The summed E-state index contributed by atoms with van der Waals surface area (Å²) >= 11 is 0. The molecule has 0 aliphatic carbocycles. The molecular formula is C27H20N6O2. The van der Waals surface area contributed by atoms with E-state index in [9.17, 15) is 0 Å². The molecule has 35 heavy (non-hydrogen) atoms. The lowest BCUT2D eigenvalue weighted by Crippen LogP contribution is -2.04. The maximum Gasteiger partial charge on any atom is 0.251 e. The van der Waals surface area contributed by atoms with Crippen molar-refractivity contribution in [2.24, 2.45) is 0 Å². The van der Waals surface area contributed by atoms with Crippen LogP contribution in [0.15, 0.2) is 85.6 Å². The molecule has 0 atom stereocenters. The van der Waals surface area contributed by atoms with Gasteiger partial charge in [0.05, 0.1) is 37.1 Å². The van der Waals surface area contributed by atoms with Crippen molar-refractivity contribution in [2.45, 2.75) is 0 Å². The number of hydrogen-bond donors (Lipinski definition) is 0. The largest absolute Gasteiger partial charge is 0.493 e. The average molecular weight is 460 g/mol. The van der Waals surface area contributed by atoms with Gasteiger partial charge in [-0.3, -0.25) is 9.97 Å². The van der Waals surface area contributed by atoms with Crippen molar-refractivity contribution >= 4 is 21.8 Å². The second-order valence-electron chi connectivity index (χ2n) is 7.89. The van der Waals surface area contributed by atoms with E-state index in [1.54, 1.807) is 43.7 Å². The second kappa shape index (κ2) is 8.49. The molecule has 8 heteroatoms. The van der Waals surface area contributed by atoms with E-state index in [0.29, 0.717) is 23.0 Å². The molecule has 0 aliphatic rings. The quantitative estimate of drug-likeness (QED) is 0.353. The van der Waals surface area contributed by atoms with Gasteiger partial charge in [-0.25, -0.2) is 14.6 Å². The van der Waals surface area contributed by atoms with Crippen molar-refractivity contribution in [3.63, 3.8) is 0 Å². The Morgan fingerprint density at radius 3 is 2.46 bits per heavy atom. The van der Waals surface area contributed by atoms with E-state index in [1.165, 1.54) is 0 Å². The van der Waals surface area contributed by atoms with E-state index in [4.69, 9.17) is 19.4 Å². The molecule has 6 aromatic rings. The number of ether oxygens (including phenoxy) is 2. The molecule has 4 heterocycles. The van der Waals surface area contributed by atoms with E-state index < -0.39 is 0 Å². The Kier molecular flexibility index (Phi) is 5.03. The SMILES string of the molecule is COc1cc2nc(-n3cc(-c4cccnc4)cn3)nc(-c3cccc4cccnc34)c2cc1OC.